The minimum Gasteiger partial charge on any atom is -0.467 e. The van der Waals surface area contributed by atoms with E-state index in [1.807, 2.05) is 0 Å². The molecule has 1 atom stereocenters. The predicted octanol–water partition coefficient (Wildman–Crippen LogP) is 0.794. The Bertz CT molecular complexity index is 276. The molecule has 0 saturated carbocycles. The lowest BCUT2D eigenvalue weighted by Gasteiger charge is -2.03. The molecule has 0 spiro atoms. The highest BCUT2D eigenvalue weighted by Crippen LogP contribution is 2.16. The second-order valence-corrected chi connectivity index (χ2v) is 2.37. The molecule has 0 aliphatic rings. The minimum absolute atomic E-state index is 0.208. The van der Waals surface area contributed by atoms with Crippen LogP contribution in [0.25, 0.3) is 0 Å². The van der Waals surface area contributed by atoms with Crippen molar-refractivity contribution >= 4 is 5.97 Å². The monoisotopic (exact) mass is 170 g/mol. The number of hydrogen-bond donors (Lipinski definition) is 1. The molecular formula is C8H10O4. The average Bonchev–Trinajstić information content (AvgIpc) is 2.49. The van der Waals surface area contributed by atoms with Gasteiger partial charge in [0, 0.05) is 0 Å². The maximum atomic E-state index is 10.8. The van der Waals surface area contributed by atoms with Crippen molar-refractivity contribution < 1.29 is 19.1 Å². The smallest absolute Gasteiger partial charge is 0.342 e. The van der Waals surface area contributed by atoms with Crippen molar-refractivity contribution in [2.24, 2.45) is 0 Å². The van der Waals surface area contributed by atoms with Crippen LogP contribution in [0.5, 0.6) is 0 Å². The summed E-state index contributed by atoms with van der Waals surface area (Å²) in [4.78, 5) is 10.8. The van der Waals surface area contributed by atoms with Crippen LogP contribution in [-0.4, -0.2) is 18.2 Å². The van der Waals surface area contributed by atoms with Gasteiger partial charge in [-0.25, -0.2) is 4.79 Å². The van der Waals surface area contributed by atoms with Crippen LogP contribution >= 0.6 is 0 Å². The molecule has 1 aromatic heterocycles. The SMILES string of the molecule is COC(=O)C(O)c1ccc(C)o1. The number of carbonyl (C=O) groups is 1. The van der Waals surface area contributed by atoms with Crippen molar-refractivity contribution in [3.05, 3.63) is 23.7 Å². The fourth-order valence-electron chi connectivity index (χ4n) is 0.828. The molecule has 4 nitrogen and oxygen atoms in total. The first-order valence-electron chi connectivity index (χ1n) is 3.47. The Labute approximate surface area is 69.8 Å². The molecule has 0 aliphatic heterocycles. The summed E-state index contributed by atoms with van der Waals surface area (Å²) in [6.07, 6.45) is -1.32. The van der Waals surface area contributed by atoms with Gasteiger partial charge < -0.3 is 14.3 Å². The summed E-state index contributed by atoms with van der Waals surface area (Å²) in [7, 11) is 1.21. The van der Waals surface area contributed by atoms with Crippen LogP contribution in [0.2, 0.25) is 0 Å². The molecule has 1 rings (SSSR count). The maximum absolute atomic E-state index is 10.8. The van der Waals surface area contributed by atoms with Crippen LogP contribution in [-0.2, 0) is 9.53 Å². The molecule has 0 radical (unpaired) electrons. The number of aliphatic hydroxyl groups excluding tert-OH is 1. The van der Waals surface area contributed by atoms with E-state index < -0.39 is 12.1 Å². The number of esters is 1. The van der Waals surface area contributed by atoms with E-state index in [0.29, 0.717) is 5.76 Å². The topological polar surface area (TPSA) is 59.7 Å². The van der Waals surface area contributed by atoms with Crippen molar-refractivity contribution in [1.82, 2.24) is 0 Å². The van der Waals surface area contributed by atoms with Gasteiger partial charge in [0.1, 0.15) is 11.5 Å². The van der Waals surface area contributed by atoms with E-state index in [1.165, 1.54) is 13.2 Å². The summed E-state index contributed by atoms with van der Waals surface area (Å²) in [5.74, 6) is 0.136. The van der Waals surface area contributed by atoms with Gasteiger partial charge in [-0.1, -0.05) is 0 Å². The molecule has 0 bridgehead atoms. The zero-order valence-corrected chi connectivity index (χ0v) is 6.90. The van der Waals surface area contributed by atoms with Crippen LogP contribution in [0.1, 0.15) is 17.6 Å². The lowest BCUT2D eigenvalue weighted by atomic mass is 10.3. The first kappa shape index (κ1) is 8.80. The van der Waals surface area contributed by atoms with Crippen LogP contribution in [0.4, 0.5) is 0 Å². The molecule has 1 N–H and O–H groups in total. The van der Waals surface area contributed by atoms with Crippen molar-refractivity contribution in [3.8, 4) is 0 Å². The summed E-state index contributed by atoms with van der Waals surface area (Å²) in [5, 5.41) is 9.23. The lowest BCUT2D eigenvalue weighted by Crippen LogP contribution is -2.12. The largest absolute Gasteiger partial charge is 0.467 e. The molecule has 0 saturated heterocycles. The Morgan fingerprint density at radius 3 is 2.75 bits per heavy atom. The van der Waals surface area contributed by atoms with E-state index in [4.69, 9.17) is 4.42 Å². The Balaban J connectivity index is 2.77. The number of methoxy groups -OCH3 is 1. The molecule has 1 aromatic rings. The normalized spacial score (nSPS) is 12.6. The van der Waals surface area contributed by atoms with Gasteiger partial charge in [0.05, 0.1) is 7.11 Å². The molecule has 66 valence electrons. The molecule has 0 fully saturated rings. The summed E-state index contributed by atoms with van der Waals surface area (Å²) in [6.45, 7) is 1.73. The van der Waals surface area contributed by atoms with Crippen LogP contribution in [0.3, 0.4) is 0 Å². The Morgan fingerprint density at radius 1 is 1.67 bits per heavy atom. The van der Waals surface area contributed by atoms with Gasteiger partial charge in [0.2, 0.25) is 6.10 Å². The quantitative estimate of drug-likeness (QED) is 0.667. The number of aryl methyl sites for hydroxylation is 1. The molecular weight excluding hydrogens is 160 g/mol. The first-order valence-corrected chi connectivity index (χ1v) is 3.47. The number of carbonyl (C=O) groups excluding carboxylic acids is 1. The third kappa shape index (κ3) is 1.65. The first-order chi connectivity index (χ1) is 5.65. The number of aliphatic hydroxyl groups is 1. The standard InChI is InChI=1S/C8H10O4/c1-5-3-4-6(12-5)7(9)8(10)11-2/h3-4,7,9H,1-2H3. The van der Waals surface area contributed by atoms with Gasteiger partial charge in [-0.05, 0) is 19.1 Å². The van der Waals surface area contributed by atoms with Crippen molar-refractivity contribution in [1.29, 1.82) is 0 Å². The molecule has 0 aliphatic carbocycles. The van der Waals surface area contributed by atoms with Gasteiger partial charge in [0.15, 0.2) is 0 Å². The van der Waals surface area contributed by atoms with E-state index in [2.05, 4.69) is 4.74 Å². The van der Waals surface area contributed by atoms with Crippen LogP contribution < -0.4 is 0 Å². The van der Waals surface area contributed by atoms with Crippen molar-refractivity contribution in [3.63, 3.8) is 0 Å². The second kappa shape index (κ2) is 3.40. The van der Waals surface area contributed by atoms with E-state index >= 15 is 0 Å². The van der Waals surface area contributed by atoms with Crippen LogP contribution in [0.15, 0.2) is 16.5 Å². The van der Waals surface area contributed by atoms with E-state index in [-0.39, 0.29) is 5.76 Å². The van der Waals surface area contributed by atoms with E-state index in [9.17, 15) is 9.90 Å². The van der Waals surface area contributed by atoms with Crippen molar-refractivity contribution in [2.45, 2.75) is 13.0 Å². The lowest BCUT2D eigenvalue weighted by molar-refractivity contribution is -0.151. The summed E-state index contributed by atoms with van der Waals surface area (Å²) < 4.78 is 9.34. The number of hydrogen-bond acceptors (Lipinski definition) is 4. The highest BCUT2D eigenvalue weighted by molar-refractivity contribution is 5.75. The minimum atomic E-state index is -1.32. The molecule has 0 amide bonds. The fraction of sp³-hybridized carbons (Fsp3) is 0.375. The Morgan fingerprint density at radius 2 is 2.33 bits per heavy atom. The average molecular weight is 170 g/mol. The Hall–Kier alpha value is -1.29. The second-order valence-electron chi connectivity index (χ2n) is 2.37. The summed E-state index contributed by atoms with van der Waals surface area (Å²) in [5.41, 5.74) is 0. The van der Waals surface area contributed by atoms with Crippen LogP contribution in [0, 0.1) is 6.92 Å². The van der Waals surface area contributed by atoms with E-state index in [0.717, 1.165) is 0 Å². The third-order valence-corrected chi connectivity index (χ3v) is 1.46. The zero-order chi connectivity index (χ0) is 9.14. The van der Waals surface area contributed by atoms with Gasteiger partial charge in [-0.3, -0.25) is 0 Å². The molecule has 1 unspecified atom stereocenters. The third-order valence-electron chi connectivity index (χ3n) is 1.46. The molecule has 1 heterocycles. The van der Waals surface area contributed by atoms with Gasteiger partial charge >= 0.3 is 5.97 Å². The Kier molecular flexibility index (Phi) is 2.50. The summed E-state index contributed by atoms with van der Waals surface area (Å²) in [6, 6.07) is 3.21. The van der Waals surface area contributed by atoms with Crippen molar-refractivity contribution in [2.75, 3.05) is 7.11 Å². The molecule has 12 heavy (non-hydrogen) atoms. The number of furan rings is 1. The molecule has 4 heteroatoms. The van der Waals surface area contributed by atoms with Gasteiger partial charge in [-0.15, -0.1) is 0 Å². The molecule has 0 aromatic carbocycles. The summed E-state index contributed by atoms with van der Waals surface area (Å²) >= 11 is 0. The van der Waals surface area contributed by atoms with Gasteiger partial charge in [-0.2, -0.15) is 0 Å². The van der Waals surface area contributed by atoms with Gasteiger partial charge in [0.25, 0.3) is 0 Å². The highest BCUT2D eigenvalue weighted by atomic mass is 16.5. The number of rotatable bonds is 2. The highest BCUT2D eigenvalue weighted by Gasteiger charge is 2.20. The zero-order valence-electron chi connectivity index (χ0n) is 6.90. The fourth-order valence-corrected chi connectivity index (χ4v) is 0.828. The van der Waals surface area contributed by atoms with E-state index in [1.54, 1.807) is 13.0 Å². The maximum Gasteiger partial charge on any atom is 0.342 e. The predicted molar refractivity (Wildman–Crippen MR) is 40.4 cm³/mol. The number of ether oxygens (including phenoxy) is 1.